The summed E-state index contributed by atoms with van der Waals surface area (Å²) < 4.78 is 5.08. The van der Waals surface area contributed by atoms with E-state index in [4.69, 9.17) is 4.74 Å². The number of amides is 2. The molecule has 2 amide bonds. The summed E-state index contributed by atoms with van der Waals surface area (Å²) in [6.07, 6.45) is 3.10. The second kappa shape index (κ2) is 5.11. The Labute approximate surface area is 125 Å². The SMILES string of the molecule is CCOC(=O)[C@@H](C(C)C)N1C(=O)[C@@H]2[C@H]3CC[C@@H](C3)[C@@H]2C1=O. The van der Waals surface area contributed by atoms with Gasteiger partial charge < -0.3 is 4.74 Å². The van der Waals surface area contributed by atoms with Crippen molar-refractivity contribution in [2.75, 3.05) is 6.61 Å². The Morgan fingerprint density at radius 2 is 1.71 bits per heavy atom. The predicted octanol–water partition coefficient (Wildman–Crippen LogP) is 1.61. The molecule has 1 aliphatic heterocycles. The van der Waals surface area contributed by atoms with Crippen molar-refractivity contribution in [3.63, 3.8) is 0 Å². The first-order chi connectivity index (χ1) is 9.97. The van der Waals surface area contributed by atoms with Crippen molar-refractivity contribution in [3.8, 4) is 0 Å². The van der Waals surface area contributed by atoms with E-state index < -0.39 is 12.0 Å². The highest BCUT2D eigenvalue weighted by molar-refractivity contribution is 6.08. The Kier molecular flexibility index (Phi) is 3.54. The van der Waals surface area contributed by atoms with E-state index in [2.05, 4.69) is 0 Å². The summed E-state index contributed by atoms with van der Waals surface area (Å²) in [6.45, 7) is 5.70. The molecule has 1 saturated heterocycles. The average molecular weight is 293 g/mol. The lowest BCUT2D eigenvalue weighted by Gasteiger charge is -2.28. The van der Waals surface area contributed by atoms with Crippen LogP contribution in [0.1, 0.15) is 40.0 Å². The molecule has 0 unspecified atom stereocenters. The molecule has 116 valence electrons. The van der Waals surface area contributed by atoms with Crippen LogP contribution in [0.25, 0.3) is 0 Å². The highest BCUT2D eigenvalue weighted by Crippen LogP contribution is 2.56. The number of esters is 1. The van der Waals surface area contributed by atoms with Crippen molar-refractivity contribution < 1.29 is 19.1 Å². The van der Waals surface area contributed by atoms with Crippen molar-refractivity contribution in [1.29, 1.82) is 0 Å². The fourth-order valence-corrected chi connectivity index (χ4v) is 4.61. The Hall–Kier alpha value is -1.39. The zero-order chi connectivity index (χ0) is 15.3. The molecule has 5 nitrogen and oxygen atoms in total. The van der Waals surface area contributed by atoms with Gasteiger partial charge in [0.2, 0.25) is 11.8 Å². The molecule has 5 heteroatoms. The minimum atomic E-state index is -0.769. The summed E-state index contributed by atoms with van der Waals surface area (Å²) in [7, 11) is 0. The maximum atomic E-state index is 12.7. The molecule has 1 heterocycles. The van der Waals surface area contributed by atoms with E-state index in [1.54, 1.807) is 6.92 Å². The number of hydrogen-bond donors (Lipinski definition) is 0. The molecule has 0 radical (unpaired) electrons. The van der Waals surface area contributed by atoms with Crippen LogP contribution >= 0.6 is 0 Å². The van der Waals surface area contributed by atoms with Gasteiger partial charge in [0.05, 0.1) is 18.4 Å². The van der Waals surface area contributed by atoms with Crippen LogP contribution in [-0.4, -0.2) is 35.3 Å². The smallest absolute Gasteiger partial charge is 0.329 e. The van der Waals surface area contributed by atoms with E-state index in [9.17, 15) is 14.4 Å². The maximum Gasteiger partial charge on any atom is 0.329 e. The summed E-state index contributed by atoms with van der Waals surface area (Å²) in [5.41, 5.74) is 0. The number of fused-ring (bicyclic) bond motifs is 5. The Bertz CT molecular complexity index is 459. The number of ether oxygens (including phenoxy) is 1. The normalized spacial score (nSPS) is 35.5. The summed E-state index contributed by atoms with van der Waals surface area (Å²) in [4.78, 5) is 38.9. The van der Waals surface area contributed by atoms with Gasteiger partial charge in [0.1, 0.15) is 6.04 Å². The topological polar surface area (TPSA) is 63.7 Å². The van der Waals surface area contributed by atoms with Crippen LogP contribution in [0.2, 0.25) is 0 Å². The van der Waals surface area contributed by atoms with Gasteiger partial charge in [-0.15, -0.1) is 0 Å². The van der Waals surface area contributed by atoms with Crippen LogP contribution in [0.5, 0.6) is 0 Å². The lowest BCUT2D eigenvalue weighted by atomic mass is 9.81. The van der Waals surface area contributed by atoms with Crippen LogP contribution in [-0.2, 0) is 19.1 Å². The van der Waals surface area contributed by atoms with Crippen LogP contribution in [0.15, 0.2) is 0 Å². The van der Waals surface area contributed by atoms with Crippen LogP contribution in [0, 0.1) is 29.6 Å². The number of imide groups is 1. The highest BCUT2D eigenvalue weighted by atomic mass is 16.5. The largest absolute Gasteiger partial charge is 0.464 e. The van der Waals surface area contributed by atoms with E-state index in [-0.39, 0.29) is 36.2 Å². The molecule has 3 rings (SSSR count). The van der Waals surface area contributed by atoms with Crippen LogP contribution in [0.3, 0.4) is 0 Å². The Balaban J connectivity index is 1.89. The van der Waals surface area contributed by atoms with Gasteiger partial charge in [-0.25, -0.2) is 4.79 Å². The molecule has 21 heavy (non-hydrogen) atoms. The maximum absolute atomic E-state index is 12.7. The molecule has 0 aromatic carbocycles. The predicted molar refractivity (Wildman–Crippen MR) is 74.9 cm³/mol. The van der Waals surface area contributed by atoms with Gasteiger partial charge >= 0.3 is 5.97 Å². The molecule has 0 spiro atoms. The van der Waals surface area contributed by atoms with Gasteiger partial charge in [0, 0.05) is 0 Å². The monoisotopic (exact) mass is 293 g/mol. The zero-order valence-corrected chi connectivity index (χ0v) is 12.9. The van der Waals surface area contributed by atoms with E-state index in [1.165, 1.54) is 4.90 Å². The van der Waals surface area contributed by atoms with Gasteiger partial charge in [-0.1, -0.05) is 13.8 Å². The molecule has 2 saturated carbocycles. The van der Waals surface area contributed by atoms with Gasteiger partial charge in [-0.2, -0.15) is 0 Å². The summed E-state index contributed by atoms with van der Waals surface area (Å²) in [5, 5.41) is 0. The van der Waals surface area contributed by atoms with Crippen molar-refractivity contribution >= 4 is 17.8 Å². The lowest BCUT2D eigenvalue weighted by Crippen LogP contribution is -2.49. The number of hydrogen-bond acceptors (Lipinski definition) is 4. The molecule has 0 aromatic rings. The van der Waals surface area contributed by atoms with Crippen LogP contribution < -0.4 is 0 Å². The van der Waals surface area contributed by atoms with Gasteiger partial charge in [0.25, 0.3) is 0 Å². The van der Waals surface area contributed by atoms with Crippen LogP contribution in [0.4, 0.5) is 0 Å². The van der Waals surface area contributed by atoms with Gasteiger partial charge in [-0.05, 0) is 43.9 Å². The summed E-state index contributed by atoms with van der Waals surface area (Å²) in [5.74, 6) is -0.519. The molecule has 2 aliphatic carbocycles. The molecule has 3 fully saturated rings. The van der Waals surface area contributed by atoms with Gasteiger partial charge in [-0.3, -0.25) is 14.5 Å². The second-order valence-electron chi connectivity index (χ2n) is 6.87. The molecule has 5 atom stereocenters. The molecule has 2 bridgehead atoms. The quantitative estimate of drug-likeness (QED) is 0.583. The van der Waals surface area contributed by atoms with E-state index in [0.717, 1.165) is 19.3 Å². The third kappa shape index (κ3) is 2.00. The van der Waals surface area contributed by atoms with Crippen molar-refractivity contribution in [2.24, 2.45) is 29.6 Å². The Morgan fingerprint density at radius 1 is 1.19 bits per heavy atom. The first kappa shape index (κ1) is 14.5. The van der Waals surface area contributed by atoms with Crippen molar-refractivity contribution in [3.05, 3.63) is 0 Å². The first-order valence-electron chi connectivity index (χ1n) is 8.00. The first-order valence-corrected chi connectivity index (χ1v) is 8.00. The molecule has 3 aliphatic rings. The number of carbonyl (C=O) groups is 3. The van der Waals surface area contributed by atoms with E-state index in [1.807, 2.05) is 13.8 Å². The second-order valence-corrected chi connectivity index (χ2v) is 6.87. The minimum absolute atomic E-state index is 0.131. The van der Waals surface area contributed by atoms with Crippen molar-refractivity contribution in [1.82, 2.24) is 4.90 Å². The van der Waals surface area contributed by atoms with E-state index in [0.29, 0.717) is 11.8 Å². The molecule has 0 N–H and O–H groups in total. The zero-order valence-electron chi connectivity index (χ0n) is 12.9. The number of likely N-dealkylation sites (tertiary alicyclic amines) is 1. The fraction of sp³-hybridized carbons (Fsp3) is 0.812. The van der Waals surface area contributed by atoms with E-state index >= 15 is 0 Å². The lowest BCUT2D eigenvalue weighted by molar-refractivity contribution is -0.161. The number of carbonyl (C=O) groups excluding carboxylic acids is 3. The Morgan fingerprint density at radius 3 is 2.14 bits per heavy atom. The highest BCUT2D eigenvalue weighted by Gasteiger charge is 2.62. The fourth-order valence-electron chi connectivity index (χ4n) is 4.61. The average Bonchev–Trinajstić information content (AvgIpc) is 3.08. The number of rotatable bonds is 4. The molecule has 0 aromatic heterocycles. The molecular formula is C16H23NO4. The third-order valence-electron chi connectivity index (χ3n) is 5.40. The van der Waals surface area contributed by atoms with Gasteiger partial charge in [0.15, 0.2) is 0 Å². The standard InChI is InChI=1S/C16H23NO4/c1-4-21-16(20)13(8(2)3)17-14(18)11-9-5-6-10(7-9)12(11)15(17)19/h8-13H,4-7H2,1-3H3/t9-,10-,11-,12+,13+/m0/s1. The third-order valence-corrected chi connectivity index (χ3v) is 5.40. The summed E-state index contributed by atoms with van der Waals surface area (Å²) >= 11 is 0. The summed E-state index contributed by atoms with van der Waals surface area (Å²) in [6, 6.07) is -0.769. The molecular weight excluding hydrogens is 270 g/mol. The number of nitrogens with zero attached hydrogens (tertiary/aromatic N) is 1. The van der Waals surface area contributed by atoms with Crippen molar-refractivity contribution in [2.45, 2.75) is 46.1 Å². The minimum Gasteiger partial charge on any atom is -0.464 e.